The topological polar surface area (TPSA) is 51.8 Å². The van der Waals surface area contributed by atoms with E-state index in [1.165, 1.54) is 17.7 Å². The van der Waals surface area contributed by atoms with E-state index in [1.54, 1.807) is 0 Å². The van der Waals surface area contributed by atoms with Gasteiger partial charge in [0.1, 0.15) is 5.82 Å². The van der Waals surface area contributed by atoms with Crippen molar-refractivity contribution in [2.45, 2.75) is 38.6 Å². The molecular formula is C10H15N3. The number of rotatable bonds is 1. The van der Waals surface area contributed by atoms with Crippen LogP contribution in [0.15, 0.2) is 6.20 Å². The molecule has 0 fully saturated rings. The molecule has 1 aliphatic carbocycles. The first-order valence-corrected chi connectivity index (χ1v) is 4.69. The molecule has 0 unspecified atom stereocenters. The Labute approximate surface area is 78.4 Å². The molecule has 2 N–H and O–H groups in total. The largest absolute Gasteiger partial charge is 0.324 e. The summed E-state index contributed by atoms with van der Waals surface area (Å²) < 4.78 is 0. The number of fused-ring (bicyclic) bond motifs is 1. The van der Waals surface area contributed by atoms with E-state index < -0.39 is 0 Å². The highest BCUT2D eigenvalue weighted by atomic mass is 14.9. The van der Waals surface area contributed by atoms with Gasteiger partial charge in [0, 0.05) is 11.6 Å². The zero-order valence-corrected chi connectivity index (χ0v) is 8.17. The molecule has 1 heterocycles. The number of aromatic nitrogens is 2. The smallest absolute Gasteiger partial charge is 0.142 e. The van der Waals surface area contributed by atoms with Crippen molar-refractivity contribution < 1.29 is 0 Å². The predicted molar refractivity (Wildman–Crippen MR) is 51.3 cm³/mol. The van der Waals surface area contributed by atoms with Crippen LogP contribution in [0.3, 0.4) is 0 Å². The van der Waals surface area contributed by atoms with E-state index in [-0.39, 0.29) is 5.41 Å². The number of hydrogen-bond acceptors (Lipinski definition) is 3. The summed E-state index contributed by atoms with van der Waals surface area (Å²) in [4.78, 5) is 8.69. The summed E-state index contributed by atoms with van der Waals surface area (Å²) in [5.41, 5.74) is 8.21. The van der Waals surface area contributed by atoms with Crippen molar-refractivity contribution in [3.8, 4) is 0 Å². The van der Waals surface area contributed by atoms with Crippen LogP contribution in [0.5, 0.6) is 0 Å². The van der Waals surface area contributed by atoms with Crippen molar-refractivity contribution in [2.75, 3.05) is 0 Å². The fraction of sp³-hybridized carbons (Fsp3) is 0.600. The Balaban J connectivity index is 2.50. The standard InChI is InChI=1S/C10H15N3/c1-10(2)4-3-7-6-12-8(5-11)13-9(7)10/h6H,3-5,11H2,1-2H3. The number of hydrogen-bond donors (Lipinski definition) is 1. The molecule has 0 amide bonds. The zero-order chi connectivity index (χ0) is 9.47. The van der Waals surface area contributed by atoms with Crippen LogP contribution in [0.2, 0.25) is 0 Å². The Kier molecular flexibility index (Phi) is 1.84. The maximum absolute atomic E-state index is 5.51. The molecule has 2 rings (SSSR count). The van der Waals surface area contributed by atoms with Crippen molar-refractivity contribution in [2.24, 2.45) is 5.73 Å². The third-order valence-corrected chi connectivity index (χ3v) is 2.76. The second-order valence-electron chi connectivity index (χ2n) is 4.25. The van der Waals surface area contributed by atoms with Crippen LogP contribution in [0.1, 0.15) is 37.4 Å². The Morgan fingerprint density at radius 1 is 1.54 bits per heavy atom. The Morgan fingerprint density at radius 2 is 2.31 bits per heavy atom. The molecule has 0 bridgehead atoms. The van der Waals surface area contributed by atoms with Crippen molar-refractivity contribution >= 4 is 0 Å². The minimum atomic E-state index is 0.211. The SMILES string of the molecule is CC1(C)CCc2cnc(CN)nc21. The summed E-state index contributed by atoms with van der Waals surface area (Å²) in [6.07, 6.45) is 4.21. The summed E-state index contributed by atoms with van der Waals surface area (Å²) in [6, 6.07) is 0. The van der Waals surface area contributed by atoms with Crippen molar-refractivity contribution in [1.29, 1.82) is 0 Å². The van der Waals surface area contributed by atoms with Gasteiger partial charge in [-0.05, 0) is 18.4 Å². The van der Waals surface area contributed by atoms with Crippen molar-refractivity contribution in [3.63, 3.8) is 0 Å². The highest BCUT2D eigenvalue weighted by molar-refractivity contribution is 5.30. The second-order valence-corrected chi connectivity index (χ2v) is 4.25. The monoisotopic (exact) mass is 177 g/mol. The van der Waals surface area contributed by atoms with E-state index in [2.05, 4.69) is 23.8 Å². The molecule has 0 saturated heterocycles. The van der Waals surface area contributed by atoms with Gasteiger partial charge in [0.2, 0.25) is 0 Å². The highest BCUT2D eigenvalue weighted by Gasteiger charge is 2.31. The molecule has 0 spiro atoms. The predicted octanol–water partition coefficient (Wildman–Crippen LogP) is 1.16. The fourth-order valence-corrected chi connectivity index (χ4v) is 1.88. The van der Waals surface area contributed by atoms with E-state index in [9.17, 15) is 0 Å². The van der Waals surface area contributed by atoms with Crippen LogP contribution in [-0.2, 0) is 18.4 Å². The summed E-state index contributed by atoms with van der Waals surface area (Å²) in [7, 11) is 0. The third-order valence-electron chi connectivity index (χ3n) is 2.76. The van der Waals surface area contributed by atoms with Crippen LogP contribution >= 0.6 is 0 Å². The lowest BCUT2D eigenvalue weighted by molar-refractivity contribution is 0.507. The van der Waals surface area contributed by atoms with Crippen LogP contribution in [0, 0.1) is 0 Å². The summed E-state index contributed by atoms with van der Waals surface area (Å²) in [6.45, 7) is 4.89. The molecule has 0 aromatic carbocycles. The first-order valence-electron chi connectivity index (χ1n) is 4.69. The maximum atomic E-state index is 5.51. The van der Waals surface area contributed by atoms with E-state index >= 15 is 0 Å². The van der Waals surface area contributed by atoms with E-state index in [4.69, 9.17) is 5.73 Å². The lowest BCUT2D eigenvalue weighted by atomic mass is 9.91. The number of aryl methyl sites for hydroxylation is 1. The van der Waals surface area contributed by atoms with Crippen LogP contribution in [-0.4, -0.2) is 9.97 Å². The average molecular weight is 177 g/mol. The molecule has 1 aliphatic rings. The van der Waals surface area contributed by atoms with Crippen LogP contribution < -0.4 is 5.73 Å². The molecule has 0 atom stereocenters. The van der Waals surface area contributed by atoms with Gasteiger partial charge in [-0.3, -0.25) is 0 Å². The second kappa shape index (κ2) is 2.77. The molecule has 1 aromatic heterocycles. The minimum absolute atomic E-state index is 0.211. The Hall–Kier alpha value is -0.960. The fourth-order valence-electron chi connectivity index (χ4n) is 1.88. The van der Waals surface area contributed by atoms with Gasteiger partial charge in [-0.15, -0.1) is 0 Å². The molecule has 70 valence electrons. The number of nitrogens with zero attached hydrogens (tertiary/aromatic N) is 2. The summed E-state index contributed by atoms with van der Waals surface area (Å²) in [5, 5.41) is 0. The lowest BCUT2D eigenvalue weighted by Crippen LogP contribution is -2.16. The van der Waals surface area contributed by atoms with Gasteiger partial charge >= 0.3 is 0 Å². The lowest BCUT2D eigenvalue weighted by Gasteiger charge is -2.17. The third kappa shape index (κ3) is 1.33. The summed E-state index contributed by atoms with van der Waals surface area (Å²) >= 11 is 0. The minimum Gasteiger partial charge on any atom is -0.324 e. The van der Waals surface area contributed by atoms with E-state index in [0.29, 0.717) is 6.54 Å². The maximum Gasteiger partial charge on any atom is 0.142 e. The average Bonchev–Trinajstić information content (AvgIpc) is 2.42. The molecule has 13 heavy (non-hydrogen) atoms. The van der Waals surface area contributed by atoms with Gasteiger partial charge in [-0.2, -0.15) is 0 Å². The van der Waals surface area contributed by atoms with Gasteiger partial charge in [0.25, 0.3) is 0 Å². The molecule has 3 heteroatoms. The van der Waals surface area contributed by atoms with Crippen LogP contribution in [0.4, 0.5) is 0 Å². The zero-order valence-electron chi connectivity index (χ0n) is 8.17. The first-order chi connectivity index (χ1) is 6.13. The van der Waals surface area contributed by atoms with Gasteiger partial charge in [-0.25, -0.2) is 9.97 Å². The van der Waals surface area contributed by atoms with Gasteiger partial charge in [0.05, 0.1) is 12.2 Å². The number of nitrogens with two attached hydrogens (primary N) is 1. The molecule has 0 saturated carbocycles. The summed E-state index contributed by atoms with van der Waals surface area (Å²) in [5.74, 6) is 0.758. The van der Waals surface area contributed by atoms with Gasteiger partial charge in [0.15, 0.2) is 0 Å². The van der Waals surface area contributed by atoms with Gasteiger partial charge in [-0.1, -0.05) is 13.8 Å². The quantitative estimate of drug-likeness (QED) is 0.700. The highest BCUT2D eigenvalue weighted by Crippen LogP contribution is 2.36. The van der Waals surface area contributed by atoms with Crippen molar-refractivity contribution in [1.82, 2.24) is 9.97 Å². The van der Waals surface area contributed by atoms with E-state index in [1.807, 2.05) is 6.20 Å². The molecule has 0 aliphatic heterocycles. The normalized spacial score (nSPS) is 18.7. The van der Waals surface area contributed by atoms with Gasteiger partial charge < -0.3 is 5.73 Å². The Bertz CT molecular complexity index is 331. The Morgan fingerprint density at radius 3 is 3.00 bits per heavy atom. The molecule has 3 nitrogen and oxygen atoms in total. The first kappa shape index (κ1) is 8.63. The molecule has 0 radical (unpaired) electrons. The van der Waals surface area contributed by atoms with Crippen LogP contribution in [0.25, 0.3) is 0 Å². The molecular weight excluding hydrogens is 162 g/mol. The molecule has 1 aromatic rings. The van der Waals surface area contributed by atoms with E-state index in [0.717, 1.165) is 12.2 Å². The van der Waals surface area contributed by atoms with Crippen molar-refractivity contribution in [3.05, 3.63) is 23.3 Å².